The fourth-order valence-electron chi connectivity index (χ4n) is 2.01. The van der Waals surface area contributed by atoms with Gasteiger partial charge in [-0.05, 0) is 18.1 Å². The number of hydrogen-bond acceptors (Lipinski definition) is 4. The standard InChI is InChI=1S/C14H22N4S2/c1-8(2)7-9-15-11(14(3,4)5)10(20-9)12-16-17-13(19)18(12)6/h8H,7H2,1-6H3,(H,17,19). The Morgan fingerprint density at radius 1 is 1.35 bits per heavy atom. The molecular weight excluding hydrogens is 288 g/mol. The fraction of sp³-hybridized carbons (Fsp3) is 0.643. The smallest absolute Gasteiger partial charge is 0.195 e. The van der Waals surface area contributed by atoms with Gasteiger partial charge in [0.05, 0.1) is 15.6 Å². The summed E-state index contributed by atoms with van der Waals surface area (Å²) < 4.78 is 2.55. The molecule has 2 aromatic heterocycles. The van der Waals surface area contributed by atoms with Gasteiger partial charge in [0.25, 0.3) is 0 Å². The highest BCUT2D eigenvalue weighted by atomic mass is 32.1. The molecule has 0 saturated heterocycles. The van der Waals surface area contributed by atoms with Gasteiger partial charge >= 0.3 is 0 Å². The lowest BCUT2D eigenvalue weighted by Crippen LogP contribution is -2.14. The summed E-state index contributed by atoms with van der Waals surface area (Å²) in [7, 11) is 1.94. The summed E-state index contributed by atoms with van der Waals surface area (Å²) in [5, 5.41) is 8.40. The number of aromatic amines is 1. The minimum absolute atomic E-state index is 0.00533. The van der Waals surface area contributed by atoms with Gasteiger partial charge in [0, 0.05) is 18.9 Å². The third-order valence-electron chi connectivity index (χ3n) is 3.05. The van der Waals surface area contributed by atoms with Gasteiger partial charge in [-0.25, -0.2) is 4.98 Å². The van der Waals surface area contributed by atoms with Crippen LogP contribution in [0.1, 0.15) is 45.3 Å². The fourth-order valence-corrected chi connectivity index (χ4v) is 3.65. The number of aromatic nitrogens is 4. The molecule has 0 bridgehead atoms. The van der Waals surface area contributed by atoms with Crippen LogP contribution in [0.4, 0.5) is 0 Å². The molecule has 6 heteroatoms. The Kier molecular flexibility index (Phi) is 4.16. The molecular formula is C14H22N4S2. The van der Waals surface area contributed by atoms with Crippen LogP contribution in [0.15, 0.2) is 0 Å². The zero-order valence-electron chi connectivity index (χ0n) is 12.9. The minimum atomic E-state index is -0.00533. The van der Waals surface area contributed by atoms with Crippen LogP contribution < -0.4 is 0 Å². The quantitative estimate of drug-likeness (QED) is 0.868. The van der Waals surface area contributed by atoms with Crippen LogP contribution in [-0.4, -0.2) is 19.7 Å². The number of H-pyrrole nitrogens is 1. The maximum Gasteiger partial charge on any atom is 0.195 e. The second kappa shape index (κ2) is 5.41. The highest BCUT2D eigenvalue weighted by Gasteiger charge is 2.26. The zero-order chi connectivity index (χ0) is 15.1. The first kappa shape index (κ1) is 15.4. The highest BCUT2D eigenvalue weighted by molar-refractivity contribution is 7.71. The van der Waals surface area contributed by atoms with Gasteiger partial charge in [-0.3, -0.25) is 5.10 Å². The van der Waals surface area contributed by atoms with E-state index in [4.69, 9.17) is 17.2 Å². The zero-order valence-corrected chi connectivity index (χ0v) is 14.6. The predicted molar refractivity (Wildman–Crippen MR) is 86.7 cm³/mol. The average molecular weight is 310 g/mol. The van der Waals surface area contributed by atoms with E-state index in [0.717, 1.165) is 22.8 Å². The summed E-state index contributed by atoms with van der Waals surface area (Å²) in [6.45, 7) is 11.0. The summed E-state index contributed by atoms with van der Waals surface area (Å²) in [5.74, 6) is 1.48. The lowest BCUT2D eigenvalue weighted by atomic mass is 9.91. The second-order valence-corrected chi connectivity index (χ2v) is 8.02. The van der Waals surface area contributed by atoms with Crippen LogP contribution in [0.5, 0.6) is 0 Å². The molecule has 2 rings (SSSR count). The Balaban J connectivity index is 2.59. The van der Waals surface area contributed by atoms with E-state index >= 15 is 0 Å². The average Bonchev–Trinajstić information content (AvgIpc) is 2.83. The van der Waals surface area contributed by atoms with Gasteiger partial charge in [-0.1, -0.05) is 34.6 Å². The van der Waals surface area contributed by atoms with Crippen molar-refractivity contribution in [2.45, 2.75) is 46.5 Å². The summed E-state index contributed by atoms with van der Waals surface area (Å²) in [4.78, 5) is 5.99. The van der Waals surface area contributed by atoms with Crippen molar-refractivity contribution < 1.29 is 0 Å². The van der Waals surface area contributed by atoms with Crippen molar-refractivity contribution in [3.05, 3.63) is 15.5 Å². The summed E-state index contributed by atoms with van der Waals surface area (Å²) in [5.41, 5.74) is 1.10. The van der Waals surface area contributed by atoms with E-state index < -0.39 is 0 Å². The van der Waals surface area contributed by atoms with Gasteiger partial charge < -0.3 is 4.57 Å². The van der Waals surface area contributed by atoms with E-state index in [-0.39, 0.29) is 5.41 Å². The van der Waals surface area contributed by atoms with E-state index in [9.17, 15) is 0 Å². The van der Waals surface area contributed by atoms with Gasteiger partial charge in [0.1, 0.15) is 0 Å². The molecule has 0 radical (unpaired) electrons. The van der Waals surface area contributed by atoms with Crippen molar-refractivity contribution in [3.63, 3.8) is 0 Å². The Hall–Kier alpha value is -1.01. The van der Waals surface area contributed by atoms with Crippen LogP contribution in [0, 0.1) is 10.7 Å². The Morgan fingerprint density at radius 2 is 2.00 bits per heavy atom. The molecule has 0 aliphatic rings. The molecule has 0 unspecified atom stereocenters. The van der Waals surface area contributed by atoms with E-state index in [1.54, 1.807) is 11.3 Å². The normalized spacial score (nSPS) is 12.3. The first-order chi connectivity index (χ1) is 9.20. The molecule has 4 nitrogen and oxygen atoms in total. The molecule has 0 spiro atoms. The number of nitrogens with one attached hydrogen (secondary N) is 1. The van der Waals surface area contributed by atoms with Crippen LogP contribution in [-0.2, 0) is 18.9 Å². The summed E-state index contributed by atoms with van der Waals surface area (Å²) >= 11 is 6.95. The molecule has 20 heavy (non-hydrogen) atoms. The van der Waals surface area contributed by atoms with E-state index in [1.165, 1.54) is 5.01 Å². The van der Waals surface area contributed by atoms with Gasteiger partial charge in [-0.2, -0.15) is 5.10 Å². The van der Waals surface area contributed by atoms with Crippen LogP contribution in [0.25, 0.3) is 10.7 Å². The molecule has 0 aromatic carbocycles. The maximum absolute atomic E-state index is 5.22. The lowest BCUT2D eigenvalue weighted by Gasteiger charge is -2.17. The summed E-state index contributed by atoms with van der Waals surface area (Å²) in [6.07, 6.45) is 1.00. The molecule has 2 aromatic rings. The largest absolute Gasteiger partial charge is 0.303 e. The Bertz CT molecular complexity index is 656. The SMILES string of the molecule is CC(C)Cc1nc(C(C)(C)C)c(-c2n[nH]c(=S)n2C)s1. The number of rotatable bonds is 3. The second-order valence-electron chi connectivity index (χ2n) is 6.54. The molecule has 110 valence electrons. The maximum atomic E-state index is 5.22. The lowest BCUT2D eigenvalue weighted by molar-refractivity contribution is 0.566. The van der Waals surface area contributed by atoms with Crippen LogP contribution >= 0.6 is 23.6 Å². The van der Waals surface area contributed by atoms with Gasteiger partial charge in [-0.15, -0.1) is 11.3 Å². The van der Waals surface area contributed by atoms with Crippen molar-refractivity contribution in [2.24, 2.45) is 13.0 Å². The van der Waals surface area contributed by atoms with Crippen molar-refractivity contribution in [1.29, 1.82) is 0 Å². The molecule has 2 heterocycles. The minimum Gasteiger partial charge on any atom is -0.303 e. The third-order valence-corrected chi connectivity index (χ3v) is 4.49. The first-order valence-corrected chi connectivity index (χ1v) is 8.04. The molecule has 0 fully saturated rings. The molecule has 0 amide bonds. The third kappa shape index (κ3) is 3.01. The van der Waals surface area contributed by atoms with Crippen LogP contribution in [0.2, 0.25) is 0 Å². The summed E-state index contributed by atoms with van der Waals surface area (Å²) in [6, 6.07) is 0. The molecule has 0 aliphatic heterocycles. The predicted octanol–water partition coefficient (Wildman–Crippen LogP) is 4.10. The monoisotopic (exact) mass is 310 g/mol. The molecule has 0 atom stereocenters. The van der Waals surface area contributed by atoms with Crippen molar-refractivity contribution in [2.75, 3.05) is 0 Å². The van der Waals surface area contributed by atoms with Crippen LogP contribution in [0.3, 0.4) is 0 Å². The van der Waals surface area contributed by atoms with Gasteiger partial charge in [0.2, 0.25) is 0 Å². The molecule has 0 saturated carbocycles. The molecule has 1 N–H and O–H groups in total. The number of thiazole rings is 1. The van der Waals surface area contributed by atoms with Crippen molar-refractivity contribution >= 4 is 23.6 Å². The van der Waals surface area contributed by atoms with E-state index in [0.29, 0.717) is 10.7 Å². The van der Waals surface area contributed by atoms with Crippen molar-refractivity contribution in [1.82, 2.24) is 19.7 Å². The Labute approximate surface area is 129 Å². The number of hydrogen-bond donors (Lipinski definition) is 1. The topological polar surface area (TPSA) is 46.5 Å². The molecule has 0 aliphatic carbocycles. The first-order valence-electron chi connectivity index (χ1n) is 6.82. The van der Waals surface area contributed by atoms with Gasteiger partial charge in [0.15, 0.2) is 10.6 Å². The van der Waals surface area contributed by atoms with Crippen molar-refractivity contribution in [3.8, 4) is 10.7 Å². The van der Waals surface area contributed by atoms with E-state index in [2.05, 4.69) is 44.8 Å². The highest BCUT2D eigenvalue weighted by Crippen LogP contribution is 2.36. The Morgan fingerprint density at radius 3 is 2.45 bits per heavy atom. The van der Waals surface area contributed by atoms with E-state index in [1.807, 2.05) is 11.6 Å². The number of nitrogens with zero attached hydrogens (tertiary/aromatic N) is 3.